The van der Waals surface area contributed by atoms with Crippen molar-refractivity contribution >= 4 is 29.1 Å². The number of nitrogens with one attached hydrogen (secondary N) is 1. The summed E-state index contributed by atoms with van der Waals surface area (Å²) in [6.07, 6.45) is -0.167. The molecule has 0 saturated heterocycles. The monoisotopic (exact) mass is 323 g/mol. The van der Waals surface area contributed by atoms with Crippen LogP contribution in [0.25, 0.3) is 0 Å². The molecule has 1 aliphatic carbocycles. The van der Waals surface area contributed by atoms with Crippen LogP contribution in [0.3, 0.4) is 0 Å². The lowest BCUT2D eigenvalue weighted by atomic mass is 10.1. The second-order valence-corrected chi connectivity index (χ2v) is 5.54. The highest BCUT2D eigenvalue weighted by Gasteiger charge is 2.32. The predicted molar refractivity (Wildman–Crippen MR) is 78.4 cm³/mol. The normalized spacial score (nSPS) is 20.1. The molecule has 1 aromatic carbocycles. The molecule has 1 amide bonds. The van der Waals surface area contributed by atoms with E-state index in [4.69, 9.17) is 23.2 Å². The molecular weight excluding hydrogens is 313 g/mol. The van der Waals surface area contributed by atoms with Crippen molar-refractivity contribution in [2.45, 2.75) is 18.6 Å². The van der Waals surface area contributed by atoms with Crippen LogP contribution in [-0.4, -0.2) is 27.3 Å². The Labute approximate surface area is 130 Å². The molecule has 0 aliphatic heterocycles. The maximum absolute atomic E-state index is 12.3. The highest BCUT2D eigenvalue weighted by atomic mass is 35.5. The summed E-state index contributed by atoms with van der Waals surface area (Å²) in [5.74, 6) is -0.447. The Kier molecular flexibility index (Phi) is 3.80. The molecule has 0 bridgehead atoms. The third-order valence-electron chi connectivity index (χ3n) is 3.45. The molecule has 3 rings (SSSR count). The maximum Gasteiger partial charge on any atom is 0.255 e. The molecule has 5 nitrogen and oxygen atoms in total. The van der Waals surface area contributed by atoms with Crippen LogP contribution in [-0.2, 0) is 6.42 Å². The minimum absolute atomic E-state index is 0.0299. The standard InChI is InChI=1S/C14H11Cl2N3O2/c15-11-6-9(13(16)19-18-11)14(21)17-12-8-4-2-1-3-7(8)5-10(12)20/h1-4,6,10,12,20H,5H2,(H,17,21)/t10-,12+/m0/s1. The number of rotatable bonds is 2. The van der Waals surface area contributed by atoms with E-state index in [0.717, 1.165) is 11.1 Å². The third-order valence-corrected chi connectivity index (χ3v) is 3.92. The number of aliphatic hydroxyl groups excluding tert-OH is 1. The first-order chi connectivity index (χ1) is 10.1. The van der Waals surface area contributed by atoms with E-state index >= 15 is 0 Å². The molecule has 108 valence electrons. The van der Waals surface area contributed by atoms with Gasteiger partial charge in [-0.3, -0.25) is 4.79 Å². The van der Waals surface area contributed by atoms with Crippen molar-refractivity contribution in [2.75, 3.05) is 0 Å². The molecule has 2 atom stereocenters. The largest absolute Gasteiger partial charge is 0.390 e. The second-order valence-electron chi connectivity index (χ2n) is 4.79. The number of halogens is 2. The van der Waals surface area contributed by atoms with Crippen molar-refractivity contribution in [3.63, 3.8) is 0 Å². The summed E-state index contributed by atoms with van der Waals surface area (Å²) in [6, 6.07) is 8.46. The number of benzene rings is 1. The number of hydrogen-bond donors (Lipinski definition) is 2. The van der Waals surface area contributed by atoms with Gasteiger partial charge in [0, 0.05) is 6.42 Å². The Balaban J connectivity index is 1.87. The first kappa shape index (κ1) is 14.3. The Morgan fingerprint density at radius 1 is 1.29 bits per heavy atom. The quantitative estimate of drug-likeness (QED) is 0.888. The number of carbonyl (C=O) groups is 1. The lowest BCUT2D eigenvalue weighted by molar-refractivity contribution is 0.0858. The zero-order valence-electron chi connectivity index (χ0n) is 10.8. The Bertz CT molecular complexity index is 708. The number of fused-ring (bicyclic) bond motifs is 1. The molecule has 1 heterocycles. The Hall–Kier alpha value is -1.69. The van der Waals surface area contributed by atoms with Gasteiger partial charge in [0.2, 0.25) is 0 Å². The summed E-state index contributed by atoms with van der Waals surface area (Å²) >= 11 is 11.6. The van der Waals surface area contributed by atoms with Crippen LogP contribution in [0, 0.1) is 0 Å². The molecule has 0 spiro atoms. The van der Waals surface area contributed by atoms with Crippen LogP contribution in [0.2, 0.25) is 10.3 Å². The van der Waals surface area contributed by atoms with Crippen molar-refractivity contribution in [1.82, 2.24) is 15.5 Å². The van der Waals surface area contributed by atoms with Gasteiger partial charge in [-0.2, -0.15) is 0 Å². The summed E-state index contributed by atoms with van der Waals surface area (Å²) in [7, 11) is 0. The SMILES string of the molecule is O=C(N[C@@H]1c2ccccc2C[C@@H]1O)c1cc(Cl)nnc1Cl. The molecule has 1 aliphatic rings. The van der Waals surface area contributed by atoms with Crippen molar-refractivity contribution in [2.24, 2.45) is 0 Å². The van der Waals surface area contributed by atoms with E-state index in [1.54, 1.807) is 0 Å². The first-order valence-corrected chi connectivity index (χ1v) is 7.07. The van der Waals surface area contributed by atoms with Crippen molar-refractivity contribution in [3.05, 3.63) is 57.3 Å². The molecular formula is C14H11Cl2N3O2. The fraction of sp³-hybridized carbons (Fsp3) is 0.214. The molecule has 0 radical (unpaired) electrons. The number of aliphatic hydroxyl groups is 1. The van der Waals surface area contributed by atoms with Crippen molar-refractivity contribution < 1.29 is 9.90 Å². The zero-order valence-corrected chi connectivity index (χ0v) is 12.3. The lowest BCUT2D eigenvalue weighted by Crippen LogP contribution is -2.34. The summed E-state index contributed by atoms with van der Waals surface area (Å²) in [5.41, 5.74) is 2.06. The van der Waals surface area contributed by atoms with Crippen LogP contribution in [0.4, 0.5) is 0 Å². The van der Waals surface area contributed by atoms with Crippen LogP contribution in [0.1, 0.15) is 27.5 Å². The van der Waals surface area contributed by atoms with Gasteiger partial charge in [-0.25, -0.2) is 0 Å². The molecule has 0 saturated carbocycles. The van der Waals surface area contributed by atoms with Crippen LogP contribution in [0.5, 0.6) is 0 Å². The van der Waals surface area contributed by atoms with E-state index in [1.807, 2.05) is 24.3 Å². The topological polar surface area (TPSA) is 75.1 Å². The lowest BCUT2D eigenvalue weighted by Gasteiger charge is -2.18. The summed E-state index contributed by atoms with van der Waals surface area (Å²) in [5, 5.41) is 20.1. The fourth-order valence-corrected chi connectivity index (χ4v) is 2.80. The molecule has 0 fully saturated rings. The van der Waals surface area contributed by atoms with Gasteiger partial charge in [0.05, 0.1) is 17.7 Å². The molecule has 2 N–H and O–H groups in total. The van der Waals surface area contributed by atoms with E-state index in [-0.39, 0.29) is 15.9 Å². The maximum atomic E-state index is 12.3. The van der Waals surface area contributed by atoms with Gasteiger partial charge in [-0.15, -0.1) is 10.2 Å². The number of nitrogens with zero attached hydrogens (tertiary/aromatic N) is 2. The van der Waals surface area contributed by atoms with Crippen molar-refractivity contribution in [1.29, 1.82) is 0 Å². The van der Waals surface area contributed by atoms with Crippen LogP contribution >= 0.6 is 23.2 Å². The number of aromatic nitrogens is 2. The smallest absolute Gasteiger partial charge is 0.255 e. The first-order valence-electron chi connectivity index (χ1n) is 6.31. The third kappa shape index (κ3) is 2.72. The molecule has 2 aromatic rings. The highest BCUT2D eigenvalue weighted by Crippen LogP contribution is 2.31. The van der Waals surface area contributed by atoms with Gasteiger partial charge < -0.3 is 10.4 Å². The van der Waals surface area contributed by atoms with E-state index in [2.05, 4.69) is 15.5 Å². The van der Waals surface area contributed by atoms with E-state index < -0.39 is 18.1 Å². The van der Waals surface area contributed by atoms with Gasteiger partial charge in [0.15, 0.2) is 10.3 Å². The number of hydrogen-bond acceptors (Lipinski definition) is 4. The van der Waals surface area contributed by atoms with Gasteiger partial charge in [0.25, 0.3) is 5.91 Å². The minimum atomic E-state index is -0.671. The number of carbonyl (C=O) groups excluding carboxylic acids is 1. The van der Waals surface area contributed by atoms with Crippen molar-refractivity contribution in [3.8, 4) is 0 Å². The zero-order chi connectivity index (χ0) is 15.0. The average molecular weight is 324 g/mol. The molecule has 1 aromatic heterocycles. The fourth-order valence-electron chi connectivity index (χ4n) is 2.48. The van der Waals surface area contributed by atoms with Gasteiger partial charge >= 0.3 is 0 Å². The van der Waals surface area contributed by atoms with E-state index in [1.165, 1.54) is 6.07 Å². The summed E-state index contributed by atoms with van der Waals surface area (Å²) in [4.78, 5) is 12.3. The van der Waals surface area contributed by atoms with Crippen LogP contribution in [0.15, 0.2) is 30.3 Å². The highest BCUT2D eigenvalue weighted by molar-refractivity contribution is 6.34. The van der Waals surface area contributed by atoms with E-state index in [0.29, 0.717) is 6.42 Å². The minimum Gasteiger partial charge on any atom is -0.390 e. The summed E-state index contributed by atoms with van der Waals surface area (Å²) in [6.45, 7) is 0. The molecule has 0 unspecified atom stereocenters. The van der Waals surface area contributed by atoms with Gasteiger partial charge in [-0.05, 0) is 17.2 Å². The number of amides is 1. The summed E-state index contributed by atoms with van der Waals surface area (Å²) < 4.78 is 0. The van der Waals surface area contributed by atoms with Gasteiger partial charge in [0.1, 0.15) is 0 Å². The second kappa shape index (κ2) is 5.60. The van der Waals surface area contributed by atoms with Crippen LogP contribution < -0.4 is 5.32 Å². The average Bonchev–Trinajstić information content (AvgIpc) is 2.78. The molecule has 21 heavy (non-hydrogen) atoms. The Morgan fingerprint density at radius 2 is 2.05 bits per heavy atom. The molecule has 7 heteroatoms. The van der Waals surface area contributed by atoms with E-state index in [9.17, 15) is 9.90 Å². The Morgan fingerprint density at radius 3 is 2.86 bits per heavy atom. The van der Waals surface area contributed by atoms with Gasteiger partial charge in [-0.1, -0.05) is 47.5 Å². The predicted octanol–water partition coefficient (Wildman–Crippen LogP) is 2.17.